The molecule has 0 heterocycles. The lowest BCUT2D eigenvalue weighted by Gasteiger charge is -2.14. The van der Waals surface area contributed by atoms with Gasteiger partial charge in [-0.05, 0) is 380 Å². The Morgan fingerprint density at radius 2 is 0.573 bits per heavy atom. The van der Waals surface area contributed by atoms with E-state index in [0.29, 0.717) is 83.8 Å². The number of halogens is 6. The molecule has 30 heteroatoms. The molecule has 0 aromatic heterocycles. The maximum absolute atomic E-state index is 14.3. The van der Waals surface area contributed by atoms with Crippen LogP contribution in [0.3, 0.4) is 0 Å². The van der Waals surface area contributed by atoms with Gasteiger partial charge in [0.1, 0.15) is 29.1 Å². The Morgan fingerprint density at radius 3 is 0.832 bits per heavy atom. The molecule has 0 aliphatic heterocycles. The van der Waals surface area contributed by atoms with Crippen molar-refractivity contribution in [2.75, 3.05) is 84.4 Å². The average molecular weight is 1980 g/mol. The van der Waals surface area contributed by atoms with E-state index in [1.54, 1.807) is 97.1 Å². The number of esters is 1. The lowest BCUT2D eigenvalue weighted by Crippen LogP contribution is -2.12. The first-order valence-corrected chi connectivity index (χ1v) is 46.7. The lowest BCUT2D eigenvalue weighted by molar-refractivity contribution is -0.132. The van der Waals surface area contributed by atoms with E-state index in [1.807, 2.05) is 114 Å². The number of anilines is 4. The largest absolute Gasteiger partial charge is 0.502 e. The van der Waals surface area contributed by atoms with E-state index in [0.717, 1.165) is 106 Å². The zero-order valence-corrected chi connectivity index (χ0v) is 82.5. The van der Waals surface area contributed by atoms with Crippen LogP contribution >= 0.6 is 11.6 Å². The monoisotopic (exact) mass is 1980 g/mol. The predicted molar refractivity (Wildman–Crippen MR) is 549 cm³/mol. The van der Waals surface area contributed by atoms with Crippen molar-refractivity contribution in [2.24, 2.45) is 0 Å². The van der Waals surface area contributed by atoms with Crippen LogP contribution in [0, 0.1) is 42.9 Å². The highest BCUT2D eigenvalue weighted by atomic mass is 35.5. The number of carbonyl (C=O) groups excluding carboxylic acids is 5. The minimum absolute atomic E-state index is 0.0131. The van der Waals surface area contributed by atoms with Crippen LogP contribution in [0.5, 0.6) is 69.0 Å². The van der Waals surface area contributed by atoms with Crippen molar-refractivity contribution in [3.8, 4) is 69.0 Å². The third-order valence-corrected chi connectivity index (χ3v) is 24.4. The summed E-state index contributed by atoms with van der Waals surface area (Å²) >= 11 is 5.91. The molecule has 4 aliphatic rings. The van der Waals surface area contributed by atoms with E-state index in [4.69, 9.17) is 58.4 Å². The second-order valence-corrected chi connectivity index (χ2v) is 35.5. The highest BCUT2D eigenvalue weighted by molar-refractivity contribution is 7.86. The molecule has 0 radical (unpaired) electrons. The first-order valence-electron chi connectivity index (χ1n) is 44.5. The molecule has 12 aromatic rings. The van der Waals surface area contributed by atoms with Crippen LogP contribution in [0.15, 0.2) is 241 Å². The van der Waals surface area contributed by atoms with Crippen LogP contribution in [0.1, 0.15) is 138 Å². The molecule has 0 atom stereocenters. The number of aromatic hydroxyl groups is 2. The summed E-state index contributed by atoms with van der Waals surface area (Å²) < 4.78 is 147. The third kappa shape index (κ3) is 25.1. The number of phenols is 2. The SMILES string of the molecule is COc1cc(/C=C2/C(C)=C(CC(=O)Nc3ccc(Cl)cc3)c3cc(F)ccc32)cc(OC)c1O.COc1cc(/C=C2/C(C)=C(CC(=O)Nc3ccc(F)cc3)c3cc(F)ccc32)cc(OC)c1O.COc1cc(/C=C2/C(C)=C(CC(=O)Nc3cccc(C)c3)c3cc(F)ccc32)cc(OC)c1OC(C)=O.COc1cc(/C=C2/C(C)=C(CC(=O)Nc3cccc(C)c3)c3cc(F)ccc32)cc(OC)c1OS(C)(=O)=O. The molecule has 0 unspecified atom stereocenters. The molecular weight excluding hydrogens is 1880 g/mol. The van der Waals surface area contributed by atoms with Gasteiger partial charge in [0, 0.05) is 34.7 Å². The minimum Gasteiger partial charge on any atom is -0.502 e. The summed E-state index contributed by atoms with van der Waals surface area (Å²) in [4.78, 5) is 63.0. The number of hydrogen-bond acceptors (Lipinski definition) is 19. The number of hydrogen-bond donors (Lipinski definition) is 6. The molecule has 6 N–H and O–H groups in total. The maximum Gasteiger partial charge on any atom is 0.308 e. The fourth-order valence-electron chi connectivity index (χ4n) is 17.0. The molecule has 0 fully saturated rings. The summed E-state index contributed by atoms with van der Waals surface area (Å²) in [6, 6.07) is 58.9. The van der Waals surface area contributed by atoms with Gasteiger partial charge in [0.05, 0.1) is 88.8 Å². The van der Waals surface area contributed by atoms with Gasteiger partial charge >= 0.3 is 16.1 Å². The van der Waals surface area contributed by atoms with Gasteiger partial charge in [-0.1, -0.05) is 60.1 Å². The van der Waals surface area contributed by atoms with Gasteiger partial charge in [-0.2, -0.15) is 8.42 Å². The van der Waals surface area contributed by atoms with Crippen molar-refractivity contribution in [3.05, 3.63) is 353 Å². The quantitative estimate of drug-likeness (QED) is 0.0121. The molecule has 0 bridgehead atoms. The molecule has 12 aromatic carbocycles. The number of benzene rings is 12. The Hall–Kier alpha value is -16.4. The maximum atomic E-state index is 14.3. The summed E-state index contributed by atoms with van der Waals surface area (Å²) in [5, 5.41) is 32.5. The van der Waals surface area contributed by atoms with Gasteiger partial charge in [-0.25, -0.2) is 22.0 Å². The Morgan fingerprint density at radius 1 is 0.322 bits per heavy atom. The second kappa shape index (κ2) is 45.7. The molecule has 4 aliphatic carbocycles. The van der Waals surface area contributed by atoms with Gasteiger partial charge < -0.3 is 78.3 Å². The number of fused-ring (bicyclic) bond motifs is 4. The smallest absolute Gasteiger partial charge is 0.308 e. The number of rotatable bonds is 27. The molecule has 0 saturated carbocycles. The topological polar surface area (TPSA) is 300 Å². The summed E-state index contributed by atoms with van der Waals surface area (Å²) in [6.07, 6.45) is 8.72. The van der Waals surface area contributed by atoms with Crippen molar-refractivity contribution < 1.29 is 111 Å². The van der Waals surface area contributed by atoms with Gasteiger partial charge in [0.25, 0.3) is 0 Å². The van der Waals surface area contributed by atoms with Gasteiger partial charge in [0.15, 0.2) is 46.0 Å². The number of ether oxygens (including phenoxy) is 9. The number of allylic oxidation sites excluding steroid dienone is 8. The van der Waals surface area contributed by atoms with E-state index >= 15 is 0 Å². The van der Waals surface area contributed by atoms with Gasteiger partial charge in [-0.3, -0.25) is 24.0 Å². The van der Waals surface area contributed by atoms with Crippen molar-refractivity contribution in [1.82, 2.24) is 0 Å². The first-order chi connectivity index (χ1) is 68.3. The molecular formula is C113H102ClF5N4O19S. The predicted octanol–water partition coefficient (Wildman–Crippen LogP) is 24.9. The normalized spacial score (nSPS) is 13.7. The second-order valence-electron chi connectivity index (χ2n) is 33.5. The van der Waals surface area contributed by atoms with Crippen molar-refractivity contribution in [3.63, 3.8) is 0 Å². The van der Waals surface area contributed by atoms with Crippen LogP contribution in [-0.4, -0.2) is 111 Å². The van der Waals surface area contributed by atoms with Crippen LogP contribution in [0.25, 0.3) is 68.9 Å². The van der Waals surface area contributed by atoms with Crippen molar-refractivity contribution in [1.29, 1.82) is 0 Å². The molecule has 23 nitrogen and oxygen atoms in total. The first kappa shape index (κ1) is 104. The summed E-state index contributed by atoms with van der Waals surface area (Å²) in [5.41, 5.74) is 22.7. The number of amides is 4. The van der Waals surface area contributed by atoms with Crippen molar-refractivity contribution >= 4 is 143 Å². The van der Waals surface area contributed by atoms with E-state index < -0.39 is 33.5 Å². The Kier molecular flexibility index (Phi) is 33.2. The van der Waals surface area contributed by atoms with Gasteiger partial charge in [0.2, 0.25) is 46.6 Å². The zero-order chi connectivity index (χ0) is 103. The summed E-state index contributed by atoms with van der Waals surface area (Å²) in [5.74, 6) is -1.41. The Labute approximate surface area is 829 Å². The fraction of sp³-hybridized carbons (Fsp3) is 0.177. The number of carbonyl (C=O) groups is 5. The number of methoxy groups -OCH3 is 8. The van der Waals surface area contributed by atoms with Crippen LogP contribution in [0.2, 0.25) is 5.02 Å². The highest BCUT2D eigenvalue weighted by Crippen LogP contribution is 2.52. The van der Waals surface area contributed by atoms with E-state index in [9.17, 15) is 64.6 Å². The van der Waals surface area contributed by atoms with Crippen LogP contribution in [-0.2, 0) is 34.1 Å². The molecule has 143 heavy (non-hydrogen) atoms. The number of nitrogens with one attached hydrogen (secondary N) is 4. The van der Waals surface area contributed by atoms with E-state index in [-0.39, 0.29) is 118 Å². The zero-order valence-electron chi connectivity index (χ0n) is 80.9. The third-order valence-electron chi connectivity index (χ3n) is 23.7. The summed E-state index contributed by atoms with van der Waals surface area (Å²) in [6.45, 7) is 12.8. The standard InChI is InChI=1S/C30H28FNO5.C29H28FNO6S.C27H23ClFNO4.C27H23F2NO4/c1-17-7-6-8-22(11-17)32-29(34)16-25-18(2)24(23-10-9-21(31)15-26(23)25)12-20-13-27(35-4)30(37-19(3)33)28(14-20)36-5;1-17-7-6-8-21(11-17)31-28(32)16-24-18(2)23(22-10-9-20(30)15-25(22)24)12-19-13-26(35-3)29(27(14-19)36-4)37-38(5,33)34;2*1-15-21(10-16-11-24(33-2)27(32)25(12-16)34-3)20-9-6-18(29)13-23(20)22(15)14-26(31)30-19-7-4-17(28)5-8-19/h6-15H,16H2,1-5H3,(H,32,34);6-15H,16H2,1-5H3,(H,31,32);2*4-13,32H,14H2,1-3H3,(H,30,31)/b24-12-;23-12-;2*21-10-. The lowest BCUT2D eigenvalue weighted by atomic mass is 10.00. The molecule has 0 saturated heterocycles. The minimum atomic E-state index is -3.83. The number of aryl methyl sites for hydroxylation is 2. The molecule has 0 spiro atoms. The summed E-state index contributed by atoms with van der Waals surface area (Å²) in [7, 11) is 7.72. The van der Waals surface area contributed by atoms with Gasteiger partial charge in [-0.15, -0.1) is 0 Å². The number of phenolic OH excluding ortho intramolecular Hbond substituents is 2. The van der Waals surface area contributed by atoms with E-state index in [1.165, 1.54) is 137 Å². The Bertz CT molecular complexity index is 7140. The Balaban J connectivity index is 0.000000160. The fourth-order valence-corrected chi connectivity index (χ4v) is 17.6. The molecule has 736 valence electrons. The van der Waals surface area contributed by atoms with Crippen LogP contribution in [0.4, 0.5) is 44.7 Å². The highest BCUT2D eigenvalue weighted by Gasteiger charge is 2.33. The van der Waals surface area contributed by atoms with E-state index in [2.05, 4.69) is 21.3 Å². The molecule has 4 amide bonds. The van der Waals surface area contributed by atoms with Crippen molar-refractivity contribution in [2.45, 2.75) is 74.1 Å². The molecule has 16 rings (SSSR count). The van der Waals surface area contributed by atoms with Crippen LogP contribution < -0.4 is 68.1 Å². The average Bonchev–Trinajstić information content (AvgIpc) is 1.63.